The van der Waals surface area contributed by atoms with Crippen LogP contribution in [-0.2, 0) is 0 Å². The molecule has 96 valence electrons. The molecule has 0 amide bonds. The van der Waals surface area contributed by atoms with E-state index in [1.165, 1.54) is 0 Å². The van der Waals surface area contributed by atoms with Crippen molar-refractivity contribution in [3.8, 4) is 5.75 Å². The maximum Gasteiger partial charge on any atom is 0.147 e. The maximum atomic E-state index is 10.4. The summed E-state index contributed by atoms with van der Waals surface area (Å²) < 4.78 is 6.95. The van der Waals surface area contributed by atoms with Gasteiger partial charge in [0, 0.05) is 0 Å². The Hall–Kier alpha value is -1.33. The number of rotatable bonds is 2. The van der Waals surface area contributed by atoms with Gasteiger partial charge >= 0.3 is 0 Å². The van der Waals surface area contributed by atoms with Crippen molar-refractivity contribution < 1.29 is 9.84 Å². The van der Waals surface area contributed by atoms with Crippen molar-refractivity contribution in [1.29, 1.82) is 0 Å². The van der Waals surface area contributed by atoms with Gasteiger partial charge in [0.2, 0.25) is 0 Å². The van der Waals surface area contributed by atoms with Gasteiger partial charge in [-0.05, 0) is 51.9 Å². The highest BCUT2D eigenvalue weighted by Gasteiger charge is 2.25. The number of para-hydroxylation sites is 1. The quantitative estimate of drug-likeness (QED) is 0.822. The summed E-state index contributed by atoms with van der Waals surface area (Å²) in [6.07, 6.45) is 2.95. The molecule has 1 N–H and O–H groups in total. The van der Waals surface area contributed by atoms with E-state index in [0.29, 0.717) is 0 Å². The largest absolute Gasteiger partial charge is 0.482 e. The monoisotopic (exact) mass is 364 g/mol. The van der Waals surface area contributed by atoms with Crippen LogP contribution in [0, 0.1) is 3.57 Å². The molecule has 0 saturated carbocycles. The fourth-order valence-electron chi connectivity index (χ4n) is 2.20. The smallest absolute Gasteiger partial charge is 0.147 e. The molecule has 1 aliphatic carbocycles. The van der Waals surface area contributed by atoms with Crippen LogP contribution in [0.25, 0.3) is 6.08 Å². The van der Waals surface area contributed by atoms with Crippen molar-refractivity contribution in [2.75, 3.05) is 0 Å². The topological polar surface area (TPSA) is 29.5 Å². The molecule has 0 aromatic heterocycles. The molecule has 2 aromatic rings. The Bertz CT molecular complexity index is 622. The highest BCUT2D eigenvalue weighted by atomic mass is 127. The Kier molecular flexibility index (Phi) is 3.57. The van der Waals surface area contributed by atoms with E-state index < -0.39 is 6.10 Å². The minimum Gasteiger partial charge on any atom is -0.482 e. The zero-order valence-electron chi connectivity index (χ0n) is 10.2. The molecule has 0 aliphatic heterocycles. The predicted octanol–water partition coefficient (Wildman–Crippen LogP) is 3.80. The zero-order chi connectivity index (χ0) is 13.2. The van der Waals surface area contributed by atoms with Crippen LogP contribution in [0.2, 0.25) is 0 Å². The van der Waals surface area contributed by atoms with Crippen LogP contribution in [0.3, 0.4) is 0 Å². The average molecular weight is 364 g/mol. The second kappa shape index (κ2) is 5.35. The SMILES string of the molecule is O[C@H]1c2ccccc2C=C[C@@H]1Oc1ccccc1I. The summed E-state index contributed by atoms with van der Waals surface area (Å²) in [5, 5.41) is 10.4. The van der Waals surface area contributed by atoms with Crippen molar-refractivity contribution in [3.63, 3.8) is 0 Å². The normalized spacial score (nSPS) is 20.9. The van der Waals surface area contributed by atoms with Crippen LogP contribution in [0.1, 0.15) is 17.2 Å². The number of aliphatic hydroxyl groups excluding tert-OH is 1. The van der Waals surface area contributed by atoms with E-state index in [1.807, 2.05) is 60.7 Å². The molecule has 0 radical (unpaired) electrons. The van der Waals surface area contributed by atoms with E-state index in [-0.39, 0.29) is 6.10 Å². The van der Waals surface area contributed by atoms with E-state index >= 15 is 0 Å². The molecule has 1 aliphatic rings. The van der Waals surface area contributed by atoms with Crippen molar-refractivity contribution in [2.24, 2.45) is 0 Å². The predicted molar refractivity (Wildman–Crippen MR) is 84.0 cm³/mol. The Morgan fingerprint density at radius 1 is 1.00 bits per heavy atom. The van der Waals surface area contributed by atoms with E-state index in [0.717, 1.165) is 20.4 Å². The van der Waals surface area contributed by atoms with Gasteiger partial charge in [0.25, 0.3) is 0 Å². The molecule has 2 atom stereocenters. The van der Waals surface area contributed by atoms with Gasteiger partial charge in [0.05, 0.1) is 3.57 Å². The summed E-state index contributed by atoms with van der Waals surface area (Å²) in [5.41, 5.74) is 1.97. The third-order valence-electron chi connectivity index (χ3n) is 3.19. The summed E-state index contributed by atoms with van der Waals surface area (Å²) in [6, 6.07) is 15.7. The standard InChI is InChI=1S/C16H13IO2/c17-13-7-3-4-8-14(13)19-15-10-9-11-5-1-2-6-12(11)16(15)18/h1-10,15-16,18H/t15-,16-/m0/s1. The van der Waals surface area contributed by atoms with Gasteiger partial charge in [-0.15, -0.1) is 0 Å². The highest BCUT2D eigenvalue weighted by Crippen LogP contribution is 2.31. The first-order valence-corrected chi connectivity index (χ1v) is 7.20. The molecule has 2 aromatic carbocycles. The highest BCUT2D eigenvalue weighted by molar-refractivity contribution is 14.1. The molecule has 0 spiro atoms. The van der Waals surface area contributed by atoms with Crippen LogP contribution in [0.15, 0.2) is 54.6 Å². The van der Waals surface area contributed by atoms with Crippen molar-refractivity contribution in [3.05, 3.63) is 69.3 Å². The number of fused-ring (bicyclic) bond motifs is 1. The molecule has 3 rings (SSSR count). The van der Waals surface area contributed by atoms with E-state index in [9.17, 15) is 5.11 Å². The first kappa shape index (κ1) is 12.7. The first-order valence-electron chi connectivity index (χ1n) is 6.12. The van der Waals surface area contributed by atoms with Crippen molar-refractivity contribution in [1.82, 2.24) is 0 Å². The molecule has 19 heavy (non-hydrogen) atoms. The van der Waals surface area contributed by atoms with Crippen LogP contribution >= 0.6 is 22.6 Å². The molecule has 0 saturated heterocycles. The van der Waals surface area contributed by atoms with Crippen LogP contribution in [0.4, 0.5) is 0 Å². The average Bonchev–Trinajstić information content (AvgIpc) is 2.44. The van der Waals surface area contributed by atoms with Crippen molar-refractivity contribution >= 4 is 28.7 Å². The van der Waals surface area contributed by atoms with Gasteiger partial charge in [0.1, 0.15) is 18.0 Å². The number of ether oxygens (including phenoxy) is 1. The van der Waals surface area contributed by atoms with E-state index in [4.69, 9.17) is 4.74 Å². The number of hydrogen-bond acceptors (Lipinski definition) is 2. The molecule has 0 fully saturated rings. The minimum atomic E-state index is -0.628. The van der Waals surface area contributed by atoms with Gasteiger partial charge in [-0.2, -0.15) is 0 Å². The second-order valence-electron chi connectivity index (χ2n) is 4.45. The molecule has 2 nitrogen and oxygen atoms in total. The lowest BCUT2D eigenvalue weighted by Gasteiger charge is -2.26. The van der Waals surface area contributed by atoms with Gasteiger partial charge in [0.15, 0.2) is 0 Å². The van der Waals surface area contributed by atoms with E-state index in [2.05, 4.69) is 22.6 Å². The summed E-state index contributed by atoms with van der Waals surface area (Å²) in [6.45, 7) is 0. The molecule has 0 unspecified atom stereocenters. The lowest BCUT2D eigenvalue weighted by atomic mass is 9.93. The lowest BCUT2D eigenvalue weighted by Crippen LogP contribution is -2.26. The number of aliphatic hydroxyl groups is 1. The maximum absolute atomic E-state index is 10.4. The van der Waals surface area contributed by atoms with Gasteiger partial charge in [-0.1, -0.05) is 42.5 Å². The van der Waals surface area contributed by atoms with Crippen LogP contribution < -0.4 is 4.74 Å². The first-order chi connectivity index (χ1) is 9.25. The Balaban J connectivity index is 1.87. The van der Waals surface area contributed by atoms with Gasteiger partial charge in [-0.25, -0.2) is 0 Å². The summed E-state index contributed by atoms with van der Waals surface area (Å²) in [5.74, 6) is 0.802. The summed E-state index contributed by atoms with van der Waals surface area (Å²) in [7, 11) is 0. The van der Waals surface area contributed by atoms with Gasteiger partial charge in [-0.3, -0.25) is 0 Å². The Morgan fingerprint density at radius 2 is 1.74 bits per heavy atom. The second-order valence-corrected chi connectivity index (χ2v) is 5.61. The molecule has 3 heteroatoms. The van der Waals surface area contributed by atoms with Crippen molar-refractivity contribution in [2.45, 2.75) is 12.2 Å². The number of hydrogen-bond donors (Lipinski definition) is 1. The number of benzene rings is 2. The lowest BCUT2D eigenvalue weighted by molar-refractivity contribution is 0.0618. The fourth-order valence-corrected chi connectivity index (χ4v) is 2.72. The zero-order valence-corrected chi connectivity index (χ0v) is 12.3. The summed E-state index contributed by atoms with van der Waals surface area (Å²) in [4.78, 5) is 0. The Labute approximate surface area is 125 Å². The molecule has 0 bridgehead atoms. The minimum absolute atomic E-state index is 0.342. The Morgan fingerprint density at radius 3 is 2.58 bits per heavy atom. The molecule has 0 heterocycles. The van der Waals surface area contributed by atoms with Crippen LogP contribution in [-0.4, -0.2) is 11.2 Å². The third-order valence-corrected chi connectivity index (χ3v) is 4.08. The number of halogens is 1. The van der Waals surface area contributed by atoms with E-state index in [1.54, 1.807) is 0 Å². The molecular formula is C16H13IO2. The van der Waals surface area contributed by atoms with Crippen LogP contribution in [0.5, 0.6) is 5.75 Å². The fraction of sp³-hybridized carbons (Fsp3) is 0.125. The third kappa shape index (κ3) is 2.53. The molecular weight excluding hydrogens is 351 g/mol. The van der Waals surface area contributed by atoms with Gasteiger partial charge < -0.3 is 9.84 Å². The summed E-state index contributed by atoms with van der Waals surface area (Å²) >= 11 is 2.23.